The van der Waals surface area contributed by atoms with Crippen LogP contribution in [0.3, 0.4) is 0 Å². The third-order valence-corrected chi connectivity index (χ3v) is 6.52. The molecule has 5 rings (SSSR count). The van der Waals surface area contributed by atoms with Crippen molar-refractivity contribution < 1.29 is 14.5 Å². The first-order valence-electron chi connectivity index (χ1n) is 10.9. The zero-order valence-electron chi connectivity index (χ0n) is 17.8. The Labute approximate surface area is 185 Å². The Kier molecular flexibility index (Phi) is 4.92. The Hall–Kier alpha value is -3.68. The summed E-state index contributed by atoms with van der Waals surface area (Å²) in [7, 11) is 0. The van der Waals surface area contributed by atoms with Crippen molar-refractivity contribution >= 4 is 28.4 Å². The maximum Gasteiger partial charge on any atom is 0.269 e. The van der Waals surface area contributed by atoms with Crippen LogP contribution in [0.15, 0.2) is 48.5 Å². The Morgan fingerprint density at radius 2 is 1.97 bits per heavy atom. The molecule has 0 radical (unpaired) electrons. The fraction of sp³-hybridized carbons (Fsp3) is 0.333. The second kappa shape index (κ2) is 7.78. The van der Waals surface area contributed by atoms with Crippen LogP contribution in [-0.2, 0) is 16.0 Å². The number of nitro benzene ring substituents is 1. The van der Waals surface area contributed by atoms with E-state index in [0.717, 1.165) is 35.0 Å². The van der Waals surface area contributed by atoms with E-state index in [0.29, 0.717) is 18.5 Å². The van der Waals surface area contributed by atoms with E-state index in [1.807, 2.05) is 24.3 Å². The molecule has 1 aromatic heterocycles. The number of nitrogens with zero attached hydrogens (tertiary/aromatic N) is 3. The highest BCUT2D eigenvalue weighted by Gasteiger charge is 2.48. The molecule has 3 heterocycles. The van der Waals surface area contributed by atoms with E-state index in [-0.39, 0.29) is 24.0 Å². The Bertz CT molecular complexity index is 1230. The van der Waals surface area contributed by atoms with Gasteiger partial charge >= 0.3 is 0 Å². The van der Waals surface area contributed by atoms with Gasteiger partial charge in [-0.3, -0.25) is 19.7 Å². The number of nitro groups is 1. The predicted molar refractivity (Wildman–Crippen MR) is 119 cm³/mol. The SMILES string of the molecule is CCCCN1CC(=O)N2[C@@H](c3cccc([N+](=O)[O-])c3)c3[nH]c4ccccc4c3C[C@H]2C1=O. The number of para-hydroxylation sites is 1. The van der Waals surface area contributed by atoms with Gasteiger partial charge in [0.25, 0.3) is 5.69 Å². The molecule has 0 saturated carbocycles. The van der Waals surface area contributed by atoms with Crippen molar-refractivity contribution in [3.8, 4) is 0 Å². The van der Waals surface area contributed by atoms with Gasteiger partial charge in [-0.25, -0.2) is 0 Å². The minimum atomic E-state index is -0.621. The van der Waals surface area contributed by atoms with Gasteiger partial charge in [0.05, 0.1) is 17.5 Å². The highest BCUT2D eigenvalue weighted by atomic mass is 16.6. The zero-order chi connectivity index (χ0) is 22.4. The average molecular weight is 432 g/mol. The molecule has 2 aromatic carbocycles. The summed E-state index contributed by atoms with van der Waals surface area (Å²) >= 11 is 0. The third kappa shape index (κ3) is 3.14. The minimum Gasteiger partial charge on any atom is -0.356 e. The molecular weight excluding hydrogens is 408 g/mol. The number of piperazine rings is 1. The molecule has 1 fully saturated rings. The van der Waals surface area contributed by atoms with Crippen molar-refractivity contribution in [3.05, 3.63) is 75.5 Å². The van der Waals surface area contributed by atoms with Crippen molar-refractivity contribution in [2.45, 2.75) is 38.3 Å². The van der Waals surface area contributed by atoms with Gasteiger partial charge < -0.3 is 14.8 Å². The molecule has 2 aliphatic rings. The molecule has 1 saturated heterocycles. The van der Waals surface area contributed by atoms with Crippen LogP contribution in [0, 0.1) is 10.1 Å². The molecule has 8 heteroatoms. The molecule has 2 aliphatic heterocycles. The van der Waals surface area contributed by atoms with Gasteiger partial charge in [0.15, 0.2) is 0 Å². The lowest BCUT2D eigenvalue weighted by Crippen LogP contribution is -2.63. The molecule has 0 unspecified atom stereocenters. The van der Waals surface area contributed by atoms with Crippen LogP contribution in [0.2, 0.25) is 0 Å². The number of fused-ring (bicyclic) bond motifs is 4. The monoisotopic (exact) mass is 432 g/mol. The highest BCUT2D eigenvalue weighted by molar-refractivity contribution is 5.97. The van der Waals surface area contributed by atoms with Gasteiger partial charge in [0.1, 0.15) is 6.04 Å². The summed E-state index contributed by atoms with van der Waals surface area (Å²) in [6.45, 7) is 2.66. The summed E-state index contributed by atoms with van der Waals surface area (Å²) in [4.78, 5) is 44.5. The van der Waals surface area contributed by atoms with Crippen LogP contribution in [-0.4, -0.2) is 50.7 Å². The molecule has 0 spiro atoms. The van der Waals surface area contributed by atoms with Crippen molar-refractivity contribution in [3.63, 3.8) is 0 Å². The summed E-state index contributed by atoms with van der Waals surface area (Å²) in [5, 5.41) is 12.4. The minimum absolute atomic E-state index is 0.0380. The van der Waals surface area contributed by atoms with Gasteiger partial charge in [-0.2, -0.15) is 0 Å². The van der Waals surface area contributed by atoms with Crippen LogP contribution in [0.4, 0.5) is 5.69 Å². The molecule has 0 aliphatic carbocycles. The topological polar surface area (TPSA) is 99.5 Å². The number of carbonyl (C=O) groups is 2. The Morgan fingerprint density at radius 3 is 2.75 bits per heavy atom. The van der Waals surface area contributed by atoms with Crippen molar-refractivity contribution in [2.75, 3.05) is 13.1 Å². The largest absolute Gasteiger partial charge is 0.356 e. The maximum absolute atomic E-state index is 13.4. The third-order valence-electron chi connectivity index (χ3n) is 6.52. The fourth-order valence-corrected chi connectivity index (χ4v) is 5.02. The number of benzene rings is 2. The van der Waals surface area contributed by atoms with Gasteiger partial charge in [0, 0.05) is 41.7 Å². The number of carbonyl (C=O) groups excluding carboxylic acids is 2. The first-order chi connectivity index (χ1) is 15.5. The standard InChI is InChI=1S/C24H24N4O4/c1-2-3-11-26-14-21(29)27-20(24(26)30)13-18-17-9-4-5-10-19(17)25-22(18)23(27)15-7-6-8-16(12-15)28(31)32/h4-10,12,20,23,25H,2-3,11,13-14H2,1H3/t20-,23-/m0/s1. The van der Waals surface area contributed by atoms with Crippen LogP contribution < -0.4 is 0 Å². The smallest absolute Gasteiger partial charge is 0.269 e. The van der Waals surface area contributed by atoms with Crippen LogP contribution in [0.1, 0.15) is 42.6 Å². The molecule has 8 nitrogen and oxygen atoms in total. The molecular formula is C24H24N4O4. The number of hydrogen-bond acceptors (Lipinski definition) is 4. The number of amides is 2. The van der Waals surface area contributed by atoms with Gasteiger partial charge in [0.2, 0.25) is 11.8 Å². The van der Waals surface area contributed by atoms with E-state index in [9.17, 15) is 19.7 Å². The quantitative estimate of drug-likeness (QED) is 0.492. The van der Waals surface area contributed by atoms with E-state index >= 15 is 0 Å². The molecule has 3 aromatic rings. The summed E-state index contributed by atoms with van der Waals surface area (Å²) < 4.78 is 0. The van der Waals surface area contributed by atoms with Crippen molar-refractivity contribution in [1.29, 1.82) is 0 Å². The number of rotatable bonds is 5. The number of hydrogen-bond donors (Lipinski definition) is 1. The first-order valence-corrected chi connectivity index (χ1v) is 10.9. The maximum atomic E-state index is 13.4. The van der Waals surface area contributed by atoms with Crippen molar-refractivity contribution in [1.82, 2.24) is 14.8 Å². The second-order valence-electron chi connectivity index (χ2n) is 8.45. The Balaban J connectivity index is 1.68. The molecule has 2 atom stereocenters. The van der Waals surface area contributed by atoms with Crippen LogP contribution in [0.25, 0.3) is 10.9 Å². The van der Waals surface area contributed by atoms with E-state index in [4.69, 9.17) is 0 Å². The predicted octanol–water partition coefficient (Wildman–Crippen LogP) is 3.56. The molecule has 164 valence electrons. The number of unbranched alkanes of at least 4 members (excludes halogenated alkanes) is 1. The number of non-ortho nitro benzene ring substituents is 1. The average Bonchev–Trinajstić information content (AvgIpc) is 3.17. The van der Waals surface area contributed by atoms with Crippen LogP contribution in [0.5, 0.6) is 0 Å². The van der Waals surface area contributed by atoms with E-state index < -0.39 is 17.0 Å². The summed E-state index contributed by atoms with van der Waals surface area (Å²) in [6.07, 6.45) is 2.21. The molecule has 1 N–H and O–H groups in total. The lowest BCUT2D eigenvalue weighted by atomic mass is 9.86. The summed E-state index contributed by atoms with van der Waals surface area (Å²) in [6, 6.07) is 13.0. The van der Waals surface area contributed by atoms with Gasteiger partial charge in [-0.15, -0.1) is 0 Å². The first kappa shape index (κ1) is 20.2. The number of aromatic amines is 1. The zero-order valence-corrected chi connectivity index (χ0v) is 17.8. The number of nitrogens with one attached hydrogen (secondary N) is 1. The Morgan fingerprint density at radius 1 is 1.16 bits per heavy atom. The number of H-pyrrole nitrogens is 1. The van der Waals surface area contributed by atoms with Crippen LogP contribution >= 0.6 is 0 Å². The van der Waals surface area contributed by atoms with Crippen molar-refractivity contribution in [2.24, 2.45) is 0 Å². The summed E-state index contributed by atoms with van der Waals surface area (Å²) in [5.41, 5.74) is 3.33. The lowest BCUT2D eigenvalue weighted by molar-refractivity contribution is -0.384. The normalized spacial score (nSPS) is 20.4. The van der Waals surface area contributed by atoms with E-state index in [2.05, 4.69) is 11.9 Å². The molecule has 0 bridgehead atoms. The van der Waals surface area contributed by atoms with E-state index in [1.165, 1.54) is 12.1 Å². The van der Waals surface area contributed by atoms with Gasteiger partial charge in [-0.1, -0.05) is 43.7 Å². The second-order valence-corrected chi connectivity index (χ2v) is 8.45. The summed E-state index contributed by atoms with van der Waals surface area (Å²) in [5.74, 6) is -0.184. The highest BCUT2D eigenvalue weighted by Crippen LogP contribution is 2.43. The molecule has 2 amide bonds. The van der Waals surface area contributed by atoms with E-state index in [1.54, 1.807) is 21.9 Å². The fourth-order valence-electron chi connectivity index (χ4n) is 5.02. The molecule has 32 heavy (non-hydrogen) atoms. The number of aromatic nitrogens is 1. The van der Waals surface area contributed by atoms with Gasteiger partial charge in [-0.05, 0) is 23.6 Å². The lowest BCUT2D eigenvalue weighted by Gasteiger charge is -2.47.